The van der Waals surface area contributed by atoms with E-state index in [2.05, 4.69) is 20.3 Å². The van der Waals surface area contributed by atoms with E-state index in [-0.39, 0.29) is 0 Å². The molecular weight excluding hydrogens is 418 g/mol. The summed E-state index contributed by atoms with van der Waals surface area (Å²) in [5, 5.41) is 12.2. The molecule has 31 heavy (non-hydrogen) atoms. The van der Waals surface area contributed by atoms with Gasteiger partial charge in [0.25, 0.3) is 0 Å². The normalized spacial score (nSPS) is 19.0. The average molecular weight is 435 g/mol. The molecule has 156 valence electrons. The van der Waals surface area contributed by atoms with E-state index in [1.54, 1.807) is 36.8 Å². The van der Waals surface area contributed by atoms with Gasteiger partial charge in [0.1, 0.15) is 10.3 Å². The number of amides is 2. The van der Waals surface area contributed by atoms with Crippen molar-refractivity contribution in [2.45, 2.75) is 30.2 Å². The van der Waals surface area contributed by atoms with Crippen LogP contribution in [0.1, 0.15) is 22.9 Å². The number of anilines is 2. The third-order valence-corrected chi connectivity index (χ3v) is 6.50. The van der Waals surface area contributed by atoms with Crippen LogP contribution in [0.5, 0.6) is 11.6 Å². The number of aliphatic carboxylic acids is 1. The highest BCUT2D eigenvalue weighted by Gasteiger charge is 2.46. The molecule has 5 heterocycles. The van der Waals surface area contributed by atoms with Crippen molar-refractivity contribution in [2.75, 3.05) is 4.90 Å². The monoisotopic (exact) mass is 435 g/mol. The van der Waals surface area contributed by atoms with E-state index in [0.717, 1.165) is 23.0 Å². The Morgan fingerprint density at radius 3 is 2.77 bits per heavy atom. The van der Waals surface area contributed by atoms with Gasteiger partial charge in [-0.1, -0.05) is 11.8 Å². The minimum atomic E-state index is -0.988. The first-order chi connectivity index (χ1) is 14.9. The molecule has 2 amide bonds. The number of aryl methyl sites for hydroxylation is 2. The Balaban J connectivity index is 1.52. The molecule has 0 fully saturated rings. The van der Waals surface area contributed by atoms with Crippen LogP contribution in [0.4, 0.5) is 16.2 Å². The maximum atomic E-state index is 13.0. The summed E-state index contributed by atoms with van der Waals surface area (Å²) in [7, 11) is 0. The molecular formula is C21H17N5O4S. The molecule has 2 unspecified atom stereocenters. The molecule has 2 N–H and O–H groups in total. The summed E-state index contributed by atoms with van der Waals surface area (Å²) < 4.78 is 5.84. The third kappa shape index (κ3) is 3.15. The number of thioether (sulfide) groups is 1. The Morgan fingerprint density at radius 1 is 1.19 bits per heavy atom. The zero-order valence-corrected chi connectivity index (χ0v) is 17.4. The first-order valence-electron chi connectivity index (χ1n) is 9.49. The average Bonchev–Trinajstić information content (AvgIpc) is 3.11. The molecule has 10 heteroatoms. The van der Waals surface area contributed by atoms with Crippen molar-refractivity contribution >= 4 is 35.1 Å². The first-order valence-corrected chi connectivity index (χ1v) is 10.4. The van der Waals surface area contributed by atoms with Crippen molar-refractivity contribution in [1.82, 2.24) is 20.3 Å². The van der Waals surface area contributed by atoms with Crippen molar-refractivity contribution < 1.29 is 19.4 Å². The van der Waals surface area contributed by atoms with Gasteiger partial charge >= 0.3 is 12.0 Å². The highest BCUT2D eigenvalue weighted by Crippen LogP contribution is 2.50. The van der Waals surface area contributed by atoms with Gasteiger partial charge in [0.15, 0.2) is 5.75 Å². The maximum Gasteiger partial charge on any atom is 0.327 e. The molecule has 0 bridgehead atoms. The van der Waals surface area contributed by atoms with E-state index in [0.29, 0.717) is 33.6 Å². The van der Waals surface area contributed by atoms with Crippen LogP contribution in [-0.2, 0) is 4.79 Å². The van der Waals surface area contributed by atoms with Gasteiger partial charge < -0.3 is 15.2 Å². The predicted molar refractivity (Wildman–Crippen MR) is 113 cm³/mol. The number of ether oxygens (including phenoxy) is 1. The summed E-state index contributed by atoms with van der Waals surface area (Å²) in [6.07, 6.45) is 4.84. The Bertz CT molecular complexity index is 1230. The van der Waals surface area contributed by atoms with Crippen molar-refractivity contribution in [1.29, 1.82) is 0 Å². The topological polar surface area (TPSA) is 118 Å². The van der Waals surface area contributed by atoms with Crippen LogP contribution in [-0.4, -0.2) is 37.3 Å². The van der Waals surface area contributed by atoms with Crippen molar-refractivity contribution in [3.05, 3.63) is 59.7 Å². The number of urea groups is 1. The van der Waals surface area contributed by atoms with Gasteiger partial charge in [-0.25, -0.2) is 14.8 Å². The Labute approximate surface area is 181 Å². The van der Waals surface area contributed by atoms with Gasteiger partial charge in [0.2, 0.25) is 5.88 Å². The van der Waals surface area contributed by atoms with E-state index in [4.69, 9.17) is 4.74 Å². The second-order valence-corrected chi connectivity index (χ2v) is 8.32. The van der Waals surface area contributed by atoms with Gasteiger partial charge in [0.05, 0.1) is 29.3 Å². The van der Waals surface area contributed by atoms with Gasteiger partial charge in [-0.2, -0.15) is 0 Å². The smallest absolute Gasteiger partial charge is 0.327 e. The number of nitrogens with zero attached hydrogens (tertiary/aromatic N) is 4. The SMILES string of the molecule is Cc1cc(Oc2cccnc2C)ncc1N1C(=O)NC2c3c1ccnc3SC2C(=O)O. The number of hydrogen-bond acceptors (Lipinski definition) is 7. The fraction of sp³-hybridized carbons (Fsp3) is 0.190. The molecule has 2 aliphatic heterocycles. The lowest BCUT2D eigenvalue weighted by Crippen LogP contribution is -2.47. The van der Waals surface area contributed by atoms with Crippen LogP contribution >= 0.6 is 11.8 Å². The number of nitrogens with one attached hydrogen (secondary N) is 1. The van der Waals surface area contributed by atoms with Crippen molar-refractivity contribution in [3.63, 3.8) is 0 Å². The van der Waals surface area contributed by atoms with Crippen LogP contribution in [0.2, 0.25) is 0 Å². The summed E-state index contributed by atoms with van der Waals surface area (Å²) >= 11 is 1.15. The summed E-state index contributed by atoms with van der Waals surface area (Å²) in [6.45, 7) is 3.70. The molecule has 5 rings (SSSR count). The van der Waals surface area contributed by atoms with Crippen molar-refractivity contribution in [2.24, 2.45) is 0 Å². The second-order valence-electron chi connectivity index (χ2n) is 7.19. The molecule has 2 aliphatic rings. The fourth-order valence-corrected chi connectivity index (χ4v) is 4.92. The molecule has 0 radical (unpaired) electrons. The summed E-state index contributed by atoms with van der Waals surface area (Å²) in [4.78, 5) is 39.1. The number of carbonyl (C=O) groups excluding carboxylic acids is 1. The van der Waals surface area contributed by atoms with E-state index >= 15 is 0 Å². The van der Waals surface area contributed by atoms with Crippen molar-refractivity contribution in [3.8, 4) is 11.6 Å². The molecule has 0 spiro atoms. The lowest BCUT2D eigenvalue weighted by molar-refractivity contribution is -0.136. The zero-order valence-electron chi connectivity index (χ0n) is 16.6. The number of rotatable bonds is 4. The lowest BCUT2D eigenvalue weighted by Gasteiger charge is -2.34. The van der Waals surface area contributed by atoms with E-state index in [9.17, 15) is 14.7 Å². The Kier molecular flexibility index (Phi) is 4.51. The molecule has 0 saturated carbocycles. The molecule has 0 aromatic carbocycles. The fourth-order valence-electron chi connectivity index (χ4n) is 3.76. The molecule has 2 atom stereocenters. The first kappa shape index (κ1) is 19.3. The lowest BCUT2D eigenvalue weighted by atomic mass is 10.0. The highest BCUT2D eigenvalue weighted by atomic mass is 32.2. The number of hydrogen-bond donors (Lipinski definition) is 2. The minimum absolute atomic E-state index is 0.383. The minimum Gasteiger partial charge on any atom is -0.480 e. The molecule has 0 aliphatic carbocycles. The van der Waals surface area contributed by atoms with Crippen LogP contribution in [0.25, 0.3) is 0 Å². The highest BCUT2D eigenvalue weighted by molar-refractivity contribution is 8.00. The molecule has 0 saturated heterocycles. The Hall–Kier alpha value is -3.66. The predicted octanol–water partition coefficient (Wildman–Crippen LogP) is 3.74. The molecule has 3 aromatic heterocycles. The number of pyridine rings is 3. The van der Waals surface area contributed by atoms with Crippen LogP contribution in [0.15, 0.2) is 47.9 Å². The third-order valence-electron chi connectivity index (χ3n) is 5.22. The van der Waals surface area contributed by atoms with Crippen LogP contribution < -0.4 is 15.0 Å². The number of aromatic nitrogens is 3. The number of carboxylic acid groups (broad SMARTS) is 1. The second kappa shape index (κ2) is 7.24. The van der Waals surface area contributed by atoms with E-state index in [1.165, 1.54) is 4.90 Å². The number of carbonyl (C=O) groups is 2. The van der Waals surface area contributed by atoms with Gasteiger partial charge in [-0.3, -0.25) is 14.7 Å². The molecule has 9 nitrogen and oxygen atoms in total. The van der Waals surface area contributed by atoms with Gasteiger partial charge in [-0.05, 0) is 37.6 Å². The summed E-state index contributed by atoms with van der Waals surface area (Å²) in [5.74, 6) is -0.00348. The zero-order chi connectivity index (χ0) is 21.7. The summed E-state index contributed by atoms with van der Waals surface area (Å²) in [5.41, 5.74) is 3.40. The van der Waals surface area contributed by atoms with Crippen LogP contribution in [0.3, 0.4) is 0 Å². The van der Waals surface area contributed by atoms with Gasteiger partial charge in [0, 0.05) is 24.0 Å². The van der Waals surface area contributed by atoms with Crippen LogP contribution in [0, 0.1) is 13.8 Å². The Morgan fingerprint density at radius 2 is 2.03 bits per heavy atom. The van der Waals surface area contributed by atoms with E-state index in [1.807, 2.05) is 19.9 Å². The number of carboxylic acids is 1. The maximum absolute atomic E-state index is 13.0. The summed E-state index contributed by atoms with van der Waals surface area (Å²) in [6, 6.07) is 6.02. The van der Waals surface area contributed by atoms with Gasteiger partial charge in [-0.15, -0.1) is 0 Å². The molecule has 3 aromatic rings. The standard InChI is InChI=1S/C21H17N5O4S/c1-10-8-15(30-14-4-3-6-22-11(14)2)24-9-13(10)26-12-5-7-23-19-16(12)17(25-21(26)29)18(31-19)20(27)28/h3-9,17-18H,1-2H3,(H,25,29)(H,27,28). The quantitative estimate of drug-likeness (QED) is 0.636. The largest absolute Gasteiger partial charge is 0.480 e. The van der Waals surface area contributed by atoms with E-state index < -0.39 is 23.3 Å².